The Hall–Kier alpha value is -1.36. The fourth-order valence-electron chi connectivity index (χ4n) is 3.41. The van der Waals surface area contributed by atoms with Crippen LogP contribution in [0.3, 0.4) is 0 Å². The van der Waals surface area contributed by atoms with Crippen molar-refractivity contribution >= 4 is 11.6 Å². The fraction of sp³-hybridized carbons (Fsp3) is 0.692. The zero-order valence-corrected chi connectivity index (χ0v) is 10.8. The maximum Gasteiger partial charge on any atom is 0.146 e. The van der Waals surface area contributed by atoms with Crippen molar-refractivity contribution in [3.05, 3.63) is 12.4 Å². The largest absolute Gasteiger partial charge is 0.382 e. The van der Waals surface area contributed by atoms with Gasteiger partial charge in [-0.1, -0.05) is 0 Å². The minimum Gasteiger partial charge on any atom is -0.382 e. The van der Waals surface area contributed by atoms with E-state index in [0.717, 1.165) is 30.4 Å². The molecule has 1 aromatic heterocycles. The molecule has 5 heteroatoms. The lowest BCUT2D eigenvalue weighted by molar-refractivity contribution is 0.139. The Morgan fingerprint density at radius 3 is 2.72 bits per heavy atom. The third-order valence-electron chi connectivity index (χ3n) is 4.42. The number of piperidine rings is 1. The first-order chi connectivity index (χ1) is 8.72. The van der Waals surface area contributed by atoms with Crippen LogP contribution in [-0.4, -0.2) is 40.5 Å². The summed E-state index contributed by atoms with van der Waals surface area (Å²) in [5.74, 6) is 2.02. The summed E-state index contributed by atoms with van der Waals surface area (Å²) in [4.78, 5) is 10.8. The van der Waals surface area contributed by atoms with Gasteiger partial charge >= 0.3 is 0 Å². The van der Waals surface area contributed by atoms with Gasteiger partial charge in [-0.3, -0.25) is 4.98 Å². The number of anilines is 2. The Balaban J connectivity index is 1.55. The third-order valence-corrected chi connectivity index (χ3v) is 4.42. The van der Waals surface area contributed by atoms with Crippen molar-refractivity contribution in [2.75, 3.05) is 24.6 Å². The number of fused-ring (bicyclic) bond motifs is 2. The lowest BCUT2D eigenvalue weighted by Crippen LogP contribution is -2.41. The fourth-order valence-corrected chi connectivity index (χ4v) is 3.41. The Morgan fingerprint density at radius 1 is 1.33 bits per heavy atom. The molecule has 3 heterocycles. The molecule has 0 saturated carbocycles. The van der Waals surface area contributed by atoms with E-state index in [1.54, 1.807) is 12.4 Å². The highest BCUT2D eigenvalue weighted by molar-refractivity contribution is 5.38. The smallest absolute Gasteiger partial charge is 0.146 e. The molecule has 0 amide bonds. The lowest BCUT2D eigenvalue weighted by Gasteiger charge is -2.36. The van der Waals surface area contributed by atoms with E-state index in [9.17, 15) is 0 Å². The summed E-state index contributed by atoms with van der Waals surface area (Å²) in [6.07, 6.45) is 8.65. The van der Waals surface area contributed by atoms with Crippen molar-refractivity contribution in [2.24, 2.45) is 5.92 Å². The average Bonchev–Trinajstić information content (AvgIpc) is 2.60. The van der Waals surface area contributed by atoms with E-state index in [1.165, 1.54) is 25.7 Å². The molecule has 0 aliphatic carbocycles. The van der Waals surface area contributed by atoms with Crippen molar-refractivity contribution in [1.29, 1.82) is 0 Å². The Morgan fingerprint density at radius 2 is 2.06 bits per heavy atom. The van der Waals surface area contributed by atoms with Crippen LogP contribution in [0.2, 0.25) is 0 Å². The highest BCUT2D eigenvalue weighted by Gasteiger charge is 2.38. The summed E-state index contributed by atoms with van der Waals surface area (Å²) in [6.45, 7) is 0.985. The molecule has 2 bridgehead atoms. The van der Waals surface area contributed by atoms with E-state index in [0.29, 0.717) is 5.82 Å². The first kappa shape index (κ1) is 11.7. The zero-order chi connectivity index (χ0) is 12.5. The molecule has 0 spiro atoms. The highest BCUT2D eigenvalue weighted by atomic mass is 15.2. The van der Waals surface area contributed by atoms with Gasteiger partial charge in [-0.05, 0) is 38.6 Å². The number of nitrogens with one attached hydrogen (secondary N) is 1. The molecule has 2 aliphatic heterocycles. The topological polar surface area (TPSA) is 67.1 Å². The van der Waals surface area contributed by atoms with Gasteiger partial charge in [-0.25, -0.2) is 4.98 Å². The van der Waals surface area contributed by atoms with Crippen molar-refractivity contribution in [2.45, 2.75) is 37.8 Å². The molecular weight excluding hydrogens is 226 g/mol. The van der Waals surface area contributed by atoms with Crippen LogP contribution in [0.5, 0.6) is 0 Å². The number of hydrogen-bond donors (Lipinski definition) is 2. The molecule has 2 saturated heterocycles. The summed E-state index contributed by atoms with van der Waals surface area (Å²) in [6, 6.07) is 1.59. The number of nitrogen functional groups attached to an aromatic ring is 1. The van der Waals surface area contributed by atoms with Gasteiger partial charge in [-0.2, -0.15) is 0 Å². The predicted molar refractivity (Wildman–Crippen MR) is 72.2 cm³/mol. The summed E-state index contributed by atoms with van der Waals surface area (Å²) in [5.41, 5.74) is 5.62. The van der Waals surface area contributed by atoms with E-state index >= 15 is 0 Å². The molecule has 5 nitrogen and oxygen atoms in total. The molecule has 1 aromatic rings. The van der Waals surface area contributed by atoms with E-state index < -0.39 is 0 Å². The van der Waals surface area contributed by atoms with Crippen LogP contribution >= 0.6 is 0 Å². The van der Waals surface area contributed by atoms with Crippen molar-refractivity contribution < 1.29 is 0 Å². The molecule has 3 rings (SSSR count). The number of nitrogens with zero attached hydrogens (tertiary/aromatic N) is 3. The standard InChI is InChI=1S/C13H21N5/c1-18-10-2-3-11(18)5-9(4-10)6-16-13-8-15-7-12(14)17-13/h7-11H,2-6H2,1H3,(H3,14,16,17). The number of hydrogen-bond acceptors (Lipinski definition) is 5. The van der Waals surface area contributed by atoms with Gasteiger partial charge in [-0.15, -0.1) is 0 Å². The van der Waals surface area contributed by atoms with Gasteiger partial charge in [0.05, 0.1) is 12.4 Å². The third kappa shape index (κ3) is 2.27. The van der Waals surface area contributed by atoms with Gasteiger partial charge in [0.1, 0.15) is 11.6 Å². The molecule has 2 unspecified atom stereocenters. The maximum absolute atomic E-state index is 5.62. The van der Waals surface area contributed by atoms with Gasteiger partial charge < -0.3 is 16.0 Å². The predicted octanol–water partition coefficient (Wildman–Crippen LogP) is 1.34. The van der Waals surface area contributed by atoms with Crippen LogP contribution in [0.1, 0.15) is 25.7 Å². The van der Waals surface area contributed by atoms with Crippen molar-refractivity contribution in [3.8, 4) is 0 Å². The zero-order valence-electron chi connectivity index (χ0n) is 10.8. The second-order valence-corrected chi connectivity index (χ2v) is 5.60. The number of nitrogens with two attached hydrogens (primary N) is 1. The quantitative estimate of drug-likeness (QED) is 0.844. The van der Waals surface area contributed by atoms with Crippen LogP contribution in [0, 0.1) is 5.92 Å². The first-order valence-electron chi connectivity index (χ1n) is 6.75. The minimum atomic E-state index is 0.475. The summed E-state index contributed by atoms with van der Waals surface area (Å²) < 4.78 is 0. The van der Waals surface area contributed by atoms with E-state index in [1.807, 2.05) is 0 Å². The maximum atomic E-state index is 5.62. The Kier molecular flexibility index (Phi) is 3.07. The van der Waals surface area contributed by atoms with Crippen LogP contribution in [0.25, 0.3) is 0 Å². The van der Waals surface area contributed by atoms with Crippen LogP contribution < -0.4 is 11.1 Å². The molecule has 0 aromatic carbocycles. The molecule has 2 aliphatic rings. The molecule has 18 heavy (non-hydrogen) atoms. The van der Waals surface area contributed by atoms with E-state index in [4.69, 9.17) is 5.73 Å². The van der Waals surface area contributed by atoms with Gasteiger partial charge in [0.25, 0.3) is 0 Å². The molecule has 2 atom stereocenters. The molecule has 0 radical (unpaired) electrons. The average molecular weight is 247 g/mol. The van der Waals surface area contributed by atoms with Crippen LogP contribution in [-0.2, 0) is 0 Å². The number of aromatic nitrogens is 2. The van der Waals surface area contributed by atoms with Crippen LogP contribution in [0.15, 0.2) is 12.4 Å². The van der Waals surface area contributed by atoms with Gasteiger partial charge in [0.2, 0.25) is 0 Å². The normalized spacial score (nSPS) is 31.5. The minimum absolute atomic E-state index is 0.475. The second-order valence-electron chi connectivity index (χ2n) is 5.60. The lowest BCUT2D eigenvalue weighted by atomic mass is 9.91. The van der Waals surface area contributed by atoms with E-state index in [2.05, 4.69) is 27.2 Å². The van der Waals surface area contributed by atoms with Gasteiger partial charge in [0.15, 0.2) is 0 Å². The molecular formula is C13H21N5. The first-order valence-corrected chi connectivity index (χ1v) is 6.75. The summed E-state index contributed by atoms with van der Waals surface area (Å²) in [5, 5.41) is 3.37. The summed E-state index contributed by atoms with van der Waals surface area (Å²) in [7, 11) is 2.27. The molecule has 2 fully saturated rings. The van der Waals surface area contributed by atoms with Crippen molar-refractivity contribution in [1.82, 2.24) is 14.9 Å². The summed E-state index contributed by atoms with van der Waals surface area (Å²) >= 11 is 0. The Labute approximate surface area is 108 Å². The Bertz CT molecular complexity index is 408. The van der Waals surface area contributed by atoms with Crippen molar-refractivity contribution in [3.63, 3.8) is 0 Å². The SMILES string of the molecule is CN1C2CCC1CC(CNc1cncc(N)n1)C2. The van der Waals surface area contributed by atoms with Gasteiger partial charge in [0, 0.05) is 18.6 Å². The molecule has 98 valence electrons. The highest BCUT2D eigenvalue weighted by Crippen LogP contribution is 2.37. The number of rotatable bonds is 3. The van der Waals surface area contributed by atoms with E-state index in [-0.39, 0.29) is 0 Å². The molecule has 3 N–H and O–H groups in total. The van der Waals surface area contributed by atoms with Crippen LogP contribution in [0.4, 0.5) is 11.6 Å². The second kappa shape index (κ2) is 4.72. The monoisotopic (exact) mass is 247 g/mol.